The van der Waals surface area contributed by atoms with E-state index in [0.717, 1.165) is 50.9 Å². The Morgan fingerprint density at radius 3 is 2.54 bits per heavy atom. The van der Waals surface area contributed by atoms with Crippen LogP contribution in [0.4, 0.5) is 8.78 Å². The molecular weight excluding hydrogens is 334 g/mol. The van der Waals surface area contributed by atoms with Crippen LogP contribution < -0.4 is 5.32 Å². The Labute approximate surface area is 148 Å². The molecule has 6 heteroatoms. The van der Waals surface area contributed by atoms with Gasteiger partial charge in [-0.1, -0.05) is 19.8 Å². The molecule has 1 atom stereocenters. The molecule has 2 aliphatic rings. The highest BCUT2D eigenvalue weighted by Crippen LogP contribution is 2.29. The molecule has 1 aromatic carbocycles. The predicted octanol–water partition coefficient (Wildman–Crippen LogP) is 3.51. The third-order valence-electron chi connectivity index (χ3n) is 5.31. The second-order valence-corrected chi connectivity index (χ2v) is 6.85. The smallest absolute Gasteiger partial charge is 0.226 e. The fourth-order valence-electron chi connectivity index (χ4n) is 3.58. The summed E-state index contributed by atoms with van der Waals surface area (Å²) in [6.45, 7) is 3.84. The molecule has 0 spiro atoms. The number of hydrogen-bond donors (Lipinski definition) is 1. The Hall–Kier alpha value is -1.20. The van der Waals surface area contributed by atoms with Crippen molar-refractivity contribution in [1.29, 1.82) is 0 Å². The van der Waals surface area contributed by atoms with Crippen LogP contribution in [-0.4, -0.2) is 29.9 Å². The van der Waals surface area contributed by atoms with E-state index in [-0.39, 0.29) is 42.4 Å². The van der Waals surface area contributed by atoms with E-state index >= 15 is 0 Å². The zero-order valence-electron chi connectivity index (χ0n) is 13.9. The molecule has 0 aromatic heterocycles. The summed E-state index contributed by atoms with van der Waals surface area (Å²) in [4.78, 5) is 14.7. The summed E-state index contributed by atoms with van der Waals surface area (Å²) in [5.41, 5.74) is 0.268. The lowest BCUT2D eigenvalue weighted by molar-refractivity contribution is -0.140. The molecule has 24 heavy (non-hydrogen) atoms. The number of hydrogen-bond acceptors (Lipinski definition) is 2. The van der Waals surface area contributed by atoms with E-state index in [2.05, 4.69) is 5.32 Å². The molecular formula is C18H25ClF2N2O. The number of nitrogens with one attached hydrogen (secondary N) is 1. The normalized spacial score (nSPS) is 19.5. The predicted molar refractivity (Wildman–Crippen MR) is 91.9 cm³/mol. The highest BCUT2D eigenvalue weighted by Gasteiger charge is 2.35. The van der Waals surface area contributed by atoms with Crippen molar-refractivity contribution in [3.8, 4) is 0 Å². The van der Waals surface area contributed by atoms with Crippen molar-refractivity contribution in [3.63, 3.8) is 0 Å². The third-order valence-corrected chi connectivity index (χ3v) is 5.31. The van der Waals surface area contributed by atoms with Crippen molar-refractivity contribution in [2.45, 2.75) is 45.2 Å². The maximum Gasteiger partial charge on any atom is 0.226 e. The summed E-state index contributed by atoms with van der Waals surface area (Å²) in [6.07, 6.45) is 4.11. The van der Waals surface area contributed by atoms with Gasteiger partial charge in [-0.15, -0.1) is 12.4 Å². The maximum atomic E-state index is 14.0. The molecule has 0 bridgehead atoms. The summed E-state index contributed by atoms with van der Waals surface area (Å²) in [7, 11) is 0. The van der Waals surface area contributed by atoms with Gasteiger partial charge >= 0.3 is 0 Å². The van der Waals surface area contributed by atoms with Crippen molar-refractivity contribution in [3.05, 3.63) is 35.4 Å². The zero-order chi connectivity index (χ0) is 16.4. The number of halogens is 3. The average molecular weight is 359 g/mol. The minimum absolute atomic E-state index is 0. The first kappa shape index (κ1) is 19.1. The summed E-state index contributed by atoms with van der Waals surface area (Å²) in [5, 5.41) is 3.19. The van der Waals surface area contributed by atoms with Gasteiger partial charge in [0.05, 0.1) is 0 Å². The maximum absolute atomic E-state index is 14.0. The summed E-state index contributed by atoms with van der Waals surface area (Å²) >= 11 is 0. The van der Waals surface area contributed by atoms with Crippen molar-refractivity contribution in [2.24, 2.45) is 11.8 Å². The molecule has 3 rings (SSSR count). The van der Waals surface area contributed by atoms with Crippen LogP contribution in [0.5, 0.6) is 0 Å². The first-order chi connectivity index (χ1) is 11.1. The fraction of sp³-hybridized carbons (Fsp3) is 0.611. The highest BCUT2D eigenvalue weighted by molar-refractivity contribution is 5.85. The molecule has 1 N–H and O–H groups in total. The van der Waals surface area contributed by atoms with Crippen LogP contribution in [0.15, 0.2) is 18.2 Å². The number of amides is 1. The van der Waals surface area contributed by atoms with Crippen LogP contribution in [0.2, 0.25) is 0 Å². The largest absolute Gasteiger partial charge is 0.335 e. The number of benzene rings is 1. The van der Waals surface area contributed by atoms with E-state index in [1.54, 1.807) is 4.90 Å². The van der Waals surface area contributed by atoms with E-state index in [0.29, 0.717) is 5.92 Å². The number of carbonyl (C=O) groups excluding carboxylic acids is 1. The highest BCUT2D eigenvalue weighted by atomic mass is 35.5. The average Bonchev–Trinajstić information content (AvgIpc) is 2.99. The first-order valence-corrected chi connectivity index (χ1v) is 8.51. The molecule has 1 aliphatic heterocycles. The Kier molecular flexibility index (Phi) is 6.58. The van der Waals surface area contributed by atoms with E-state index in [1.807, 2.05) is 6.92 Å². The van der Waals surface area contributed by atoms with Gasteiger partial charge in [0.25, 0.3) is 0 Å². The van der Waals surface area contributed by atoms with Gasteiger partial charge in [0.2, 0.25) is 5.91 Å². The van der Waals surface area contributed by atoms with Gasteiger partial charge in [-0.3, -0.25) is 4.79 Å². The Bertz CT molecular complexity index is 574. The van der Waals surface area contributed by atoms with E-state index in [4.69, 9.17) is 0 Å². The second kappa shape index (κ2) is 8.26. The Balaban J connectivity index is 0.00000208. The van der Waals surface area contributed by atoms with Gasteiger partial charge in [0.1, 0.15) is 11.6 Å². The van der Waals surface area contributed by atoms with Crippen molar-refractivity contribution in [1.82, 2.24) is 10.2 Å². The third kappa shape index (κ3) is 4.06. The molecule has 1 heterocycles. The van der Waals surface area contributed by atoms with Crippen molar-refractivity contribution < 1.29 is 13.6 Å². The van der Waals surface area contributed by atoms with Gasteiger partial charge in [0, 0.05) is 24.1 Å². The van der Waals surface area contributed by atoms with E-state index < -0.39 is 11.6 Å². The van der Waals surface area contributed by atoms with Gasteiger partial charge in [-0.05, 0) is 50.0 Å². The van der Waals surface area contributed by atoms with Crippen LogP contribution in [-0.2, 0) is 11.3 Å². The van der Waals surface area contributed by atoms with E-state index in [1.165, 1.54) is 6.07 Å². The summed E-state index contributed by atoms with van der Waals surface area (Å²) in [6, 6.07) is 3.62. The van der Waals surface area contributed by atoms with Gasteiger partial charge in [-0.2, -0.15) is 0 Å². The fourth-order valence-corrected chi connectivity index (χ4v) is 3.58. The molecule has 2 fully saturated rings. The standard InChI is InChI=1S/C18H24F2N2O.ClH/c1-12(14-9-21-10-14)18(23)22(16-4-2-3-5-16)11-13-8-15(19)6-7-17(13)20;/h6-8,12,14,16,21H,2-5,9-11H2,1H3;1H. The van der Waals surface area contributed by atoms with Crippen molar-refractivity contribution in [2.75, 3.05) is 13.1 Å². The molecule has 3 nitrogen and oxygen atoms in total. The lowest BCUT2D eigenvalue weighted by atomic mass is 9.87. The van der Waals surface area contributed by atoms with Crippen LogP contribution in [0.25, 0.3) is 0 Å². The molecule has 1 saturated heterocycles. The SMILES string of the molecule is CC(C(=O)N(Cc1cc(F)ccc1F)C1CCCC1)C1CNC1.Cl. The molecule has 1 unspecified atom stereocenters. The quantitative estimate of drug-likeness (QED) is 0.873. The minimum atomic E-state index is -0.462. The molecule has 1 amide bonds. The molecule has 1 aliphatic carbocycles. The van der Waals surface area contributed by atoms with Crippen LogP contribution in [0, 0.1) is 23.5 Å². The van der Waals surface area contributed by atoms with Crippen molar-refractivity contribution >= 4 is 18.3 Å². The lowest BCUT2D eigenvalue weighted by Gasteiger charge is -2.37. The summed E-state index contributed by atoms with van der Waals surface area (Å²) in [5.74, 6) is -0.555. The number of nitrogens with zero attached hydrogens (tertiary/aromatic N) is 1. The van der Waals surface area contributed by atoms with Crippen LogP contribution in [0.3, 0.4) is 0 Å². The van der Waals surface area contributed by atoms with E-state index in [9.17, 15) is 13.6 Å². The second-order valence-electron chi connectivity index (χ2n) is 6.85. The van der Waals surface area contributed by atoms with Gasteiger partial charge in [-0.25, -0.2) is 8.78 Å². The number of rotatable bonds is 5. The summed E-state index contributed by atoms with van der Waals surface area (Å²) < 4.78 is 27.5. The number of carbonyl (C=O) groups is 1. The van der Waals surface area contributed by atoms with Gasteiger partial charge in [0.15, 0.2) is 0 Å². The first-order valence-electron chi connectivity index (χ1n) is 8.51. The Morgan fingerprint density at radius 1 is 1.29 bits per heavy atom. The zero-order valence-corrected chi connectivity index (χ0v) is 14.7. The topological polar surface area (TPSA) is 32.3 Å². The Morgan fingerprint density at radius 2 is 1.96 bits per heavy atom. The minimum Gasteiger partial charge on any atom is -0.335 e. The molecule has 0 radical (unpaired) electrons. The van der Waals surface area contributed by atoms with Crippen LogP contribution in [0.1, 0.15) is 38.2 Å². The molecule has 1 aromatic rings. The van der Waals surface area contributed by atoms with Gasteiger partial charge < -0.3 is 10.2 Å². The van der Waals surface area contributed by atoms with Crippen LogP contribution >= 0.6 is 12.4 Å². The molecule has 134 valence electrons. The lowest BCUT2D eigenvalue weighted by Crippen LogP contribution is -2.51. The monoisotopic (exact) mass is 358 g/mol. The molecule has 1 saturated carbocycles.